The number of methoxy groups -OCH3 is 1. The lowest BCUT2D eigenvalue weighted by atomic mass is 10.1. The zero-order valence-electron chi connectivity index (χ0n) is 11.5. The second kappa shape index (κ2) is 6.21. The SMILES string of the molecule is COCC(CNC1CC1)Oc1cccc(C)c1C. The molecule has 0 spiro atoms. The van der Waals surface area contributed by atoms with Gasteiger partial charge in [0, 0.05) is 19.7 Å². The first-order chi connectivity index (χ1) is 8.70. The van der Waals surface area contributed by atoms with Gasteiger partial charge in [-0.15, -0.1) is 0 Å². The summed E-state index contributed by atoms with van der Waals surface area (Å²) in [5.74, 6) is 0.967. The lowest BCUT2D eigenvalue weighted by Crippen LogP contribution is -2.36. The number of ether oxygens (including phenoxy) is 2. The standard InChI is InChI=1S/C15H23NO2/c1-11-5-4-6-15(12(11)2)18-14(10-17-3)9-16-13-7-8-13/h4-6,13-14,16H,7-10H2,1-3H3. The predicted molar refractivity (Wildman–Crippen MR) is 73.2 cm³/mol. The van der Waals surface area contributed by atoms with E-state index < -0.39 is 0 Å². The average molecular weight is 249 g/mol. The molecule has 0 heterocycles. The van der Waals surface area contributed by atoms with Crippen molar-refractivity contribution < 1.29 is 9.47 Å². The maximum Gasteiger partial charge on any atom is 0.134 e. The van der Waals surface area contributed by atoms with Gasteiger partial charge in [0.15, 0.2) is 0 Å². The first-order valence-electron chi connectivity index (χ1n) is 6.66. The van der Waals surface area contributed by atoms with Crippen molar-refractivity contribution in [3.05, 3.63) is 29.3 Å². The van der Waals surface area contributed by atoms with Crippen molar-refractivity contribution in [1.82, 2.24) is 5.32 Å². The Bertz CT molecular complexity index is 388. The molecule has 100 valence electrons. The highest BCUT2D eigenvalue weighted by Crippen LogP contribution is 2.22. The van der Waals surface area contributed by atoms with Crippen LogP contribution in [-0.4, -0.2) is 32.4 Å². The summed E-state index contributed by atoms with van der Waals surface area (Å²) >= 11 is 0. The Morgan fingerprint density at radius 2 is 2.11 bits per heavy atom. The fourth-order valence-electron chi connectivity index (χ4n) is 1.94. The Labute approximate surface area is 109 Å². The van der Waals surface area contributed by atoms with Crippen LogP contribution in [0.4, 0.5) is 0 Å². The molecule has 1 unspecified atom stereocenters. The lowest BCUT2D eigenvalue weighted by molar-refractivity contribution is 0.0799. The van der Waals surface area contributed by atoms with E-state index in [-0.39, 0.29) is 6.10 Å². The molecule has 0 radical (unpaired) electrons. The monoisotopic (exact) mass is 249 g/mol. The molecule has 1 aliphatic carbocycles. The van der Waals surface area contributed by atoms with Gasteiger partial charge in [-0.2, -0.15) is 0 Å². The summed E-state index contributed by atoms with van der Waals surface area (Å²) in [5, 5.41) is 3.49. The molecule has 2 rings (SSSR count). The van der Waals surface area contributed by atoms with Gasteiger partial charge in [-0.3, -0.25) is 0 Å². The van der Waals surface area contributed by atoms with Crippen molar-refractivity contribution in [3.63, 3.8) is 0 Å². The van der Waals surface area contributed by atoms with Crippen LogP contribution in [0.3, 0.4) is 0 Å². The van der Waals surface area contributed by atoms with E-state index >= 15 is 0 Å². The average Bonchev–Trinajstić information content (AvgIpc) is 3.16. The van der Waals surface area contributed by atoms with Gasteiger partial charge in [0.25, 0.3) is 0 Å². The number of aryl methyl sites for hydroxylation is 1. The summed E-state index contributed by atoms with van der Waals surface area (Å²) in [6, 6.07) is 6.88. The molecule has 0 saturated heterocycles. The van der Waals surface area contributed by atoms with Gasteiger partial charge in [0.05, 0.1) is 6.61 Å². The van der Waals surface area contributed by atoms with Crippen LogP contribution in [0.5, 0.6) is 5.75 Å². The Morgan fingerprint density at radius 3 is 2.78 bits per heavy atom. The van der Waals surface area contributed by atoms with Gasteiger partial charge in [0.2, 0.25) is 0 Å². The van der Waals surface area contributed by atoms with Crippen LogP contribution in [0.15, 0.2) is 18.2 Å². The van der Waals surface area contributed by atoms with Crippen LogP contribution in [0, 0.1) is 13.8 Å². The molecule has 1 N–H and O–H groups in total. The fraction of sp³-hybridized carbons (Fsp3) is 0.600. The topological polar surface area (TPSA) is 30.5 Å². The Morgan fingerprint density at radius 1 is 1.33 bits per heavy atom. The van der Waals surface area contributed by atoms with E-state index in [1.54, 1.807) is 7.11 Å². The van der Waals surface area contributed by atoms with Crippen molar-refractivity contribution in [1.29, 1.82) is 0 Å². The van der Waals surface area contributed by atoms with Gasteiger partial charge in [-0.05, 0) is 43.9 Å². The van der Waals surface area contributed by atoms with Crippen molar-refractivity contribution in [2.24, 2.45) is 0 Å². The third-order valence-electron chi connectivity index (χ3n) is 3.41. The maximum atomic E-state index is 6.06. The van der Waals surface area contributed by atoms with Crippen LogP contribution in [0.25, 0.3) is 0 Å². The largest absolute Gasteiger partial charge is 0.486 e. The Balaban J connectivity index is 1.95. The minimum absolute atomic E-state index is 0.0797. The molecule has 1 aromatic carbocycles. The second-order valence-electron chi connectivity index (χ2n) is 5.08. The minimum atomic E-state index is 0.0797. The molecule has 1 fully saturated rings. The van der Waals surface area contributed by atoms with E-state index in [9.17, 15) is 0 Å². The minimum Gasteiger partial charge on any atom is -0.486 e. The maximum absolute atomic E-state index is 6.06. The molecule has 3 nitrogen and oxygen atoms in total. The third kappa shape index (κ3) is 3.72. The fourth-order valence-corrected chi connectivity index (χ4v) is 1.94. The molecular formula is C15H23NO2. The van der Waals surface area contributed by atoms with E-state index in [4.69, 9.17) is 9.47 Å². The van der Waals surface area contributed by atoms with Gasteiger partial charge < -0.3 is 14.8 Å². The quantitative estimate of drug-likeness (QED) is 0.805. The molecule has 3 heteroatoms. The van der Waals surface area contributed by atoms with Gasteiger partial charge in [-0.1, -0.05) is 12.1 Å². The van der Waals surface area contributed by atoms with Crippen LogP contribution in [-0.2, 0) is 4.74 Å². The van der Waals surface area contributed by atoms with Crippen LogP contribution in [0.1, 0.15) is 24.0 Å². The normalized spacial score (nSPS) is 16.6. The molecule has 1 aromatic rings. The highest BCUT2D eigenvalue weighted by Gasteiger charge is 2.22. The summed E-state index contributed by atoms with van der Waals surface area (Å²) in [4.78, 5) is 0. The zero-order chi connectivity index (χ0) is 13.0. The van der Waals surface area contributed by atoms with Crippen LogP contribution >= 0.6 is 0 Å². The zero-order valence-corrected chi connectivity index (χ0v) is 11.5. The number of nitrogens with one attached hydrogen (secondary N) is 1. The van der Waals surface area contributed by atoms with Gasteiger partial charge >= 0.3 is 0 Å². The predicted octanol–water partition coefficient (Wildman–Crippen LogP) is 2.45. The molecule has 18 heavy (non-hydrogen) atoms. The Hall–Kier alpha value is -1.06. The summed E-state index contributed by atoms with van der Waals surface area (Å²) in [6.07, 6.45) is 2.67. The molecule has 1 aliphatic rings. The van der Waals surface area contributed by atoms with E-state index in [0.29, 0.717) is 12.6 Å². The number of hydrogen-bond acceptors (Lipinski definition) is 3. The molecule has 1 saturated carbocycles. The van der Waals surface area contributed by atoms with Crippen LogP contribution in [0.2, 0.25) is 0 Å². The lowest BCUT2D eigenvalue weighted by Gasteiger charge is -2.20. The van der Waals surface area contributed by atoms with Crippen molar-refractivity contribution in [2.75, 3.05) is 20.3 Å². The van der Waals surface area contributed by atoms with E-state index in [0.717, 1.165) is 12.3 Å². The van der Waals surface area contributed by atoms with Crippen molar-refractivity contribution >= 4 is 0 Å². The molecule has 0 aromatic heterocycles. The van der Waals surface area contributed by atoms with Crippen molar-refractivity contribution in [3.8, 4) is 5.75 Å². The Kier molecular flexibility index (Phi) is 4.61. The highest BCUT2D eigenvalue weighted by atomic mass is 16.5. The summed E-state index contributed by atoms with van der Waals surface area (Å²) in [5.41, 5.74) is 2.48. The number of benzene rings is 1. The molecular weight excluding hydrogens is 226 g/mol. The smallest absolute Gasteiger partial charge is 0.134 e. The number of hydrogen-bond donors (Lipinski definition) is 1. The second-order valence-corrected chi connectivity index (χ2v) is 5.08. The molecule has 1 atom stereocenters. The van der Waals surface area contributed by atoms with E-state index in [2.05, 4.69) is 25.2 Å². The van der Waals surface area contributed by atoms with E-state index in [1.165, 1.54) is 24.0 Å². The van der Waals surface area contributed by atoms with E-state index in [1.807, 2.05) is 12.1 Å². The number of rotatable bonds is 7. The highest BCUT2D eigenvalue weighted by molar-refractivity contribution is 5.38. The summed E-state index contributed by atoms with van der Waals surface area (Å²) < 4.78 is 11.3. The molecule has 0 aliphatic heterocycles. The third-order valence-corrected chi connectivity index (χ3v) is 3.41. The molecule has 0 bridgehead atoms. The first kappa shape index (κ1) is 13.4. The van der Waals surface area contributed by atoms with Gasteiger partial charge in [0.1, 0.15) is 11.9 Å². The molecule has 0 amide bonds. The summed E-state index contributed by atoms with van der Waals surface area (Å²) in [6.45, 7) is 5.68. The van der Waals surface area contributed by atoms with Crippen LogP contribution < -0.4 is 10.1 Å². The summed E-state index contributed by atoms with van der Waals surface area (Å²) in [7, 11) is 1.72. The van der Waals surface area contributed by atoms with Gasteiger partial charge in [-0.25, -0.2) is 0 Å². The van der Waals surface area contributed by atoms with Crippen molar-refractivity contribution in [2.45, 2.75) is 38.8 Å². The first-order valence-corrected chi connectivity index (χ1v) is 6.66.